The number of carbonyl (C=O) groups is 2. The lowest BCUT2D eigenvalue weighted by Gasteiger charge is -2.39. The van der Waals surface area contributed by atoms with E-state index in [1.807, 2.05) is 55.5 Å². The van der Waals surface area contributed by atoms with Crippen LogP contribution in [-0.2, 0) is 32.1 Å². The fourth-order valence-electron chi connectivity index (χ4n) is 6.67. The van der Waals surface area contributed by atoms with Gasteiger partial charge in [-0.25, -0.2) is 9.69 Å². The van der Waals surface area contributed by atoms with Crippen LogP contribution in [0.3, 0.4) is 0 Å². The average Bonchev–Trinajstić information content (AvgIpc) is 3.70. The van der Waals surface area contributed by atoms with E-state index >= 15 is 0 Å². The lowest BCUT2D eigenvalue weighted by molar-refractivity contribution is -0.196. The first-order chi connectivity index (χ1) is 22.0. The summed E-state index contributed by atoms with van der Waals surface area (Å²) in [6, 6.07) is 38.3. The van der Waals surface area contributed by atoms with Crippen LogP contribution < -0.4 is 4.90 Å². The zero-order valence-electron chi connectivity index (χ0n) is 25.9. The molecule has 2 aliphatic rings. The molecular formula is C38H40N2O5. The highest BCUT2D eigenvalue weighted by Crippen LogP contribution is 2.44. The van der Waals surface area contributed by atoms with Gasteiger partial charge in [-0.2, -0.15) is 0 Å². The highest BCUT2D eigenvalue weighted by molar-refractivity contribution is 5.96. The molecule has 45 heavy (non-hydrogen) atoms. The number of hydrogen-bond donors (Lipinski definition) is 0. The van der Waals surface area contributed by atoms with Gasteiger partial charge in [0, 0.05) is 24.7 Å². The monoisotopic (exact) mass is 604 g/mol. The number of nitrogens with zero attached hydrogens (tertiary/aromatic N) is 2. The molecule has 2 heterocycles. The van der Waals surface area contributed by atoms with Crippen LogP contribution in [0.25, 0.3) is 0 Å². The minimum atomic E-state index is -1.20. The Labute approximate surface area is 265 Å². The number of rotatable bonds is 11. The molecule has 2 saturated heterocycles. The molecule has 2 fully saturated rings. The van der Waals surface area contributed by atoms with Gasteiger partial charge in [-0.3, -0.25) is 4.79 Å². The second-order valence-corrected chi connectivity index (χ2v) is 11.8. The molecule has 1 unspecified atom stereocenters. The molecule has 0 aromatic heterocycles. The van der Waals surface area contributed by atoms with Gasteiger partial charge in [0.1, 0.15) is 12.6 Å². The van der Waals surface area contributed by atoms with Crippen molar-refractivity contribution in [1.82, 2.24) is 4.90 Å². The van der Waals surface area contributed by atoms with Crippen LogP contribution in [0.2, 0.25) is 0 Å². The highest BCUT2D eigenvalue weighted by Gasteiger charge is 2.53. The van der Waals surface area contributed by atoms with E-state index in [1.54, 1.807) is 0 Å². The zero-order chi connectivity index (χ0) is 31.2. The Morgan fingerprint density at radius 3 is 2.00 bits per heavy atom. The van der Waals surface area contributed by atoms with Crippen LogP contribution in [0, 0.1) is 5.92 Å². The fourth-order valence-corrected chi connectivity index (χ4v) is 6.67. The number of anilines is 1. The van der Waals surface area contributed by atoms with Crippen molar-refractivity contribution in [3.8, 4) is 0 Å². The van der Waals surface area contributed by atoms with Gasteiger partial charge in [-0.1, -0.05) is 110 Å². The van der Waals surface area contributed by atoms with Crippen LogP contribution in [0.15, 0.2) is 115 Å². The van der Waals surface area contributed by atoms with Gasteiger partial charge in [-0.15, -0.1) is 0 Å². The van der Waals surface area contributed by atoms with E-state index in [4.69, 9.17) is 14.2 Å². The van der Waals surface area contributed by atoms with E-state index in [2.05, 4.69) is 78.6 Å². The molecule has 6 rings (SSSR count). The van der Waals surface area contributed by atoms with Gasteiger partial charge in [0.2, 0.25) is 5.91 Å². The topological polar surface area (TPSA) is 68.3 Å². The molecule has 4 aromatic rings. The highest BCUT2D eigenvalue weighted by atomic mass is 16.7. The Morgan fingerprint density at radius 2 is 1.42 bits per heavy atom. The third-order valence-corrected chi connectivity index (χ3v) is 8.92. The standard InChI is InChI=1S/C38H40N2O5/c1-3-33(31-20-13-21-32(24-31)39(25-28-14-7-4-8-15-28)26-29-16-9-5-10-17-29)35(38(2)44-22-23-45-38)36(41)40-34(27-43-37(40)42)30-18-11-6-12-19-30/h4-21,24,33-35H,3,22-23,25-27H2,1-2H3/t33-,34-,35?/m1/s1. The van der Waals surface area contributed by atoms with E-state index in [0.29, 0.717) is 19.6 Å². The number of amides is 2. The molecule has 3 atom stereocenters. The summed E-state index contributed by atoms with van der Waals surface area (Å²) in [5, 5.41) is 0. The maximum absolute atomic E-state index is 14.7. The first-order valence-corrected chi connectivity index (χ1v) is 15.7. The first-order valence-electron chi connectivity index (χ1n) is 15.7. The summed E-state index contributed by atoms with van der Waals surface area (Å²) >= 11 is 0. The summed E-state index contributed by atoms with van der Waals surface area (Å²) in [5.41, 5.74) is 5.30. The van der Waals surface area contributed by atoms with Gasteiger partial charge < -0.3 is 19.1 Å². The second kappa shape index (κ2) is 13.7. The molecule has 232 valence electrons. The fraction of sp³-hybridized carbons (Fsp3) is 0.316. The first kappa shape index (κ1) is 30.6. The Balaban J connectivity index is 1.37. The maximum Gasteiger partial charge on any atom is 0.417 e. The maximum atomic E-state index is 14.7. The lowest BCUT2D eigenvalue weighted by Crippen LogP contribution is -2.51. The molecule has 7 nitrogen and oxygen atoms in total. The smallest absolute Gasteiger partial charge is 0.417 e. The van der Waals surface area contributed by atoms with Gasteiger partial charge >= 0.3 is 6.09 Å². The number of hydrogen-bond acceptors (Lipinski definition) is 6. The summed E-state index contributed by atoms with van der Waals surface area (Å²) in [7, 11) is 0. The average molecular weight is 605 g/mol. The minimum absolute atomic E-state index is 0.111. The van der Waals surface area contributed by atoms with Crippen molar-refractivity contribution in [2.75, 3.05) is 24.7 Å². The minimum Gasteiger partial charge on any atom is -0.446 e. The molecule has 0 bridgehead atoms. The van der Waals surface area contributed by atoms with E-state index in [1.165, 1.54) is 16.0 Å². The van der Waals surface area contributed by atoms with Crippen LogP contribution in [0.4, 0.5) is 10.5 Å². The number of cyclic esters (lactones) is 1. The van der Waals surface area contributed by atoms with E-state index in [-0.39, 0.29) is 18.4 Å². The third kappa shape index (κ3) is 6.65. The van der Waals surface area contributed by atoms with Crippen molar-refractivity contribution < 1.29 is 23.8 Å². The largest absolute Gasteiger partial charge is 0.446 e. The Morgan fingerprint density at radius 1 is 0.844 bits per heavy atom. The SMILES string of the molecule is CC[C@H](c1cccc(N(Cc2ccccc2)Cc2ccccc2)c1)C(C(=O)N1C(=O)OC[C@@H]1c1ccccc1)C1(C)OCCO1. The predicted octanol–water partition coefficient (Wildman–Crippen LogP) is 7.49. The van der Waals surface area contributed by atoms with Crippen molar-refractivity contribution in [2.24, 2.45) is 5.92 Å². The van der Waals surface area contributed by atoms with Crippen LogP contribution in [0.1, 0.15) is 54.5 Å². The summed E-state index contributed by atoms with van der Waals surface area (Å²) < 4.78 is 17.8. The van der Waals surface area contributed by atoms with Crippen LogP contribution >= 0.6 is 0 Å². The Kier molecular flexibility index (Phi) is 9.29. The van der Waals surface area contributed by atoms with Crippen molar-refractivity contribution in [2.45, 2.75) is 51.1 Å². The molecule has 0 spiro atoms. The summed E-state index contributed by atoms with van der Waals surface area (Å²) in [4.78, 5) is 31.4. The molecule has 2 aliphatic heterocycles. The summed E-state index contributed by atoms with van der Waals surface area (Å²) in [6.07, 6.45) is -0.000675. The molecule has 0 N–H and O–H groups in total. The van der Waals surface area contributed by atoms with Crippen LogP contribution in [0.5, 0.6) is 0 Å². The van der Waals surface area contributed by atoms with Crippen molar-refractivity contribution >= 4 is 17.7 Å². The second-order valence-electron chi connectivity index (χ2n) is 11.8. The number of imide groups is 1. The van der Waals surface area contributed by atoms with Gasteiger partial charge in [0.15, 0.2) is 5.79 Å². The lowest BCUT2D eigenvalue weighted by atomic mass is 9.78. The molecule has 4 aromatic carbocycles. The molecule has 0 saturated carbocycles. The number of ether oxygens (including phenoxy) is 3. The number of benzene rings is 4. The quantitative estimate of drug-likeness (QED) is 0.177. The van der Waals surface area contributed by atoms with E-state index in [0.717, 1.165) is 29.9 Å². The predicted molar refractivity (Wildman–Crippen MR) is 173 cm³/mol. The Bertz CT molecular complexity index is 1530. The van der Waals surface area contributed by atoms with Crippen molar-refractivity contribution in [3.63, 3.8) is 0 Å². The van der Waals surface area contributed by atoms with Crippen molar-refractivity contribution in [3.05, 3.63) is 138 Å². The Hall–Kier alpha value is -4.46. The summed E-state index contributed by atoms with van der Waals surface area (Å²) in [6.45, 7) is 6.21. The normalized spacial score (nSPS) is 18.8. The molecule has 2 amide bonds. The van der Waals surface area contributed by atoms with Crippen LogP contribution in [-0.4, -0.2) is 42.5 Å². The molecule has 7 heteroatoms. The van der Waals surface area contributed by atoms with E-state index < -0.39 is 23.8 Å². The van der Waals surface area contributed by atoms with Gasteiger partial charge in [0.05, 0.1) is 19.1 Å². The van der Waals surface area contributed by atoms with E-state index in [9.17, 15) is 9.59 Å². The van der Waals surface area contributed by atoms with Crippen molar-refractivity contribution in [1.29, 1.82) is 0 Å². The van der Waals surface area contributed by atoms with Gasteiger partial charge in [0.25, 0.3) is 0 Å². The zero-order valence-corrected chi connectivity index (χ0v) is 25.9. The molecule has 0 radical (unpaired) electrons. The molecular weight excluding hydrogens is 564 g/mol. The third-order valence-electron chi connectivity index (χ3n) is 8.92. The summed E-state index contributed by atoms with van der Waals surface area (Å²) in [5.74, 6) is -2.63. The molecule has 0 aliphatic carbocycles. The van der Waals surface area contributed by atoms with Gasteiger partial charge in [-0.05, 0) is 47.7 Å². The number of carbonyl (C=O) groups excluding carboxylic acids is 2.